The normalized spacial score (nSPS) is 12.8. The predicted octanol–water partition coefficient (Wildman–Crippen LogP) is 13.6. The molecule has 0 atom stereocenters. The van der Waals surface area contributed by atoms with Crippen molar-refractivity contribution in [3.05, 3.63) is 199 Å². The van der Waals surface area contributed by atoms with E-state index in [1.807, 2.05) is 0 Å². The maximum absolute atomic E-state index is 2.42. The zero-order chi connectivity index (χ0) is 33.7. The summed E-state index contributed by atoms with van der Waals surface area (Å²) in [4.78, 5) is 2.41. The van der Waals surface area contributed by atoms with Crippen LogP contribution in [0.4, 0.5) is 17.1 Å². The van der Waals surface area contributed by atoms with E-state index in [1.54, 1.807) is 0 Å². The Labute approximate surface area is 294 Å². The van der Waals surface area contributed by atoms with Crippen LogP contribution in [0.25, 0.3) is 55.3 Å². The Morgan fingerprint density at radius 3 is 1.62 bits per heavy atom. The first-order chi connectivity index (χ1) is 24.5. The van der Waals surface area contributed by atoms with Crippen LogP contribution in [0.15, 0.2) is 188 Å². The van der Waals surface area contributed by atoms with Gasteiger partial charge in [0.25, 0.3) is 0 Å². The average Bonchev–Trinajstić information content (AvgIpc) is 3.40. The molecular weight excluding hydrogens is 603 g/mol. The molecule has 0 N–H and O–H groups in total. The van der Waals surface area contributed by atoms with Gasteiger partial charge >= 0.3 is 0 Å². The molecular formula is C49H37N. The Morgan fingerprint density at radius 2 is 0.860 bits per heavy atom. The molecule has 0 amide bonds. The SMILES string of the molecule is CC1(C)c2cc(-c3ccccc3)ccc2-c2ccc(N(c3ccc(-c4ccccc4)cc3)c3cccc(-c4cccc5ccccc45)c3)cc21. The molecule has 1 nitrogen and oxygen atoms in total. The third kappa shape index (κ3) is 5.11. The summed E-state index contributed by atoms with van der Waals surface area (Å²) >= 11 is 0. The van der Waals surface area contributed by atoms with E-state index < -0.39 is 0 Å². The highest BCUT2D eigenvalue weighted by molar-refractivity contribution is 5.97. The third-order valence-electron chi connectivity index (χ3n) is 10.5. The van der Waals surface area contributed by atoms with E-state index >= 15 is 0 Å². The van der Waals surface area contributed by atoms with E-state index in [2.05, 4.69) is 207 Å². The molecule has 0 spiro atoms. The Morgan fingerprint density at radius 1 is 0.340 bits per heavy atom. The molecule has 0 aliphatic heterocycles. The van der Waals surface area contributed by atoms with Crippen molar-refractivity contribution in [2.24, 2.45) is 0 Å². The van der Waals surface area contributed by atoms with Gasteiger partial charge in [-0.15, -0.1) is 0 Å². The van der Waals surface area contributed by atoms with Gasteiger partial charge in [0.1, 0.15) is 0 Å². The average molecular weight is 640 g/mol. The molecule has 8 aromatic carbocycles. The van der Waals surface area contributed by atoms with Crippen molar-refractivity contribution in [1.29, 1.82) is 0 Å². The lowest BCUT2D eigenvalue weighted by molar-refractivity contribution is 0.660. The number of hydrogen-bond acceptors (Lipinski definition) is 1. The summed E-state index contributed by atoms with van der Waals surface area (Å²) in [6, 6.07) is 68.6. The number of anilines is 3. The molecule has 9 rings (SSSR count). The summed E-state index contributed by atoms with van der Waals surface area (Å²) in [6.45, 7) is 4.74. The van der Waals surface area contributed by atoms with Gasteiger partial charge in [-0.3, -0.25) is 0 Å². The maximum atomic E-state index is 2.42. The molecule has 50 heavy (non-hydrogen) atoms. The Balaban J connectivity index is 1.18. The summed E-state index contributed by atoms with van der Waals surface area (Å²) in [5.74, 6) is 0. The standard InChI is InChI=1S/C49H37N/c1-49(2)47-32-38(35-15-7-4-8-16-35)25-29-45(47)46-30-28-42(33-48(46)49)50(40-26-23-36(24-27-40)34-13-5-3-6-14-34)41-20-11-19-39(31-41)44-22-12-18-37-17-9-10-21-43(37)44/h3-33H,1-2H3. The van der Waals surface area contributed by atoms with Crippen LogP contribution in [-0.2, 0) is 5.41 Å². The first-order valence-electron chi connectivity index (χ1n) is 17.4. The zero-order valence-electron chi connectivity index (χ0n) is 28.3. The van der Waals surface area contributed by atoms with E-state index in [1.165, 1.54) is 66.4 Å². The molecule has 1 aliphatic rings. The Hall–Kier alpha value is -6.18. The molecule has 0 heterocycles. The first-order valence-corrected chi connectivity index (χ1v) is 17.4. The lowest BCUT2D eigenvalue weighted by Crippen LogP contribution is -2.16. The predicted molar refractivity (Wildman–Crippen MR) is 213 cm³/mol. The van der Waals surface area contributed by atoms with Gasteiger partial charge < -0.3 is 4.90 Å². The van der Waals surface area contributed by atoms with E-state index in [0.29, 0.717) is 0 Å². The molecule has 0 unspecified atom stereocenters. The second-order valence-corrected chi connectivity index (χ2v) is 13.8. The molecule has 0 aromatic heterocycles. The molecule has 0 radical (unpaired) electrons. The van der Waals surface area contributed by atoms with Crippen LogP contribution in [0.1, 0.15) is 25.0 Å². The smallest absolute Gasteiger partial charge is 0.0467 e. The number of rotatable bonds is 6. The number of fused-ring (bicyclic) bond motifs is 4. The summed E-state index contributed by atoms with van der Waals surface area (Å²) in [7, 11) is 0. The molecule has 8 aromatic rings. The lowest BCUT2D eigenvalue weighted by atomic mass is 9.81. The molecule has 1 heteroatoms. The van der Waals surface area contributed by atoms with Gasteiger partial charge in [-0.1, -0.05) is 159 Å². The Kier molecular flexibility index (Phi) is 7.21. The lowest BCUT2D eigenvalue weighted by Gasteiger charge is -2.28. The van der Waals surface area contributed by atoms with Gasteiger partial charge in [0, 0.05) is 22.5 Å². The molecule has 0 bridgehead atoms. The molecule has 0 saturated carbocycles. The van der Waals surface area contributed by atoms with Gasteiger partial charge in [0.05, 0.1) is 0 Å². The summed E-state index contributed by atoms with van der Waals surface area (Å²) in [5.41, 5.74) is 16.0. The van der Waals surface area contributed by atoms with Crippen molar-refractivity contribution < 1.29 is 0 Å². The van der Waals surface area contributed by atoms with E-state index in [9.17, 15) is 0 Å². The van der Waals surface area contributed by atoms with Crippen LogP contribution in [0, 0.1) is 0 Å². The van der Waals surface area contributed by atoms with E-state index in [0.717, 1.165) is 17.1 Å². The fourth-order valence-corrected chi connectivity index (χ4v) is 7.85. The third-order valence-corrected chi connectivity index (χ3v) is 10.5. The van der Waals surface area contributed by atoms with Crippen LogP contribution < -0.4 is 4.90 Å². The van der Waals surface area contributed by atoms with Crippen LogP contribution in [0.2, 0.25) is 0 Å². The minimum Gasteiger partial charge on any atom is -0.310 e. The minimum atomic E-state index is -0.154. The van der Waals surface area contributed by atoms with Crippen molar-refractivity contribution in [3.8, 4) is 44.5 Å². The molecule has 238 valence electrons. The minimum absolute atomic E-state index is 0.154. The van der Waals surface area contributed by atoms with Crippen molar-refractivity contribution in [2.45, 2.75) is 19.3 Å². The summed E-state index contributed by atoms with van der Waals surface area (Å²) in [6.07, 6.45) is 0. The molecule has 0 fully saturated rings. The number of nitrogens with zero attached hydrogens (tertiary/aromatic N) is 1. The van der Waals surface area contributed by atoms with Crippen molar-refractivity contribution in [3.63, 3.8) is 0 Å². The molecule has 1 aliphatic carbocycles. The van der Waals surface area contributed by atoms with Crippen LogP contribution in [0.5, 0.6) is 0 Å². The largest absolute Gasteiger partial charge is 0.310 e. The number of benzene rings is 8. The van der Waals surface area contributed by atoms with Crippen LogP contribution >= 0.6 is 0 Å². The highest BCUT2D eigenvalue weighted by Crippen LogP contribution is 2.51. The Bertz CT molecular complexity index is 2490. The maximum Gasteiger partial charge on any atom is 0.0467 e. The van der Waals surface area contributed by atoms with Gasteiger partial charge in [0.15, 0.2) is 0 Å². The van der Waals surface area contributed by atoms with Crippen molar-refractivity contribution in [2.75, 3.05) is 4.90 Å². The van der Waals surface area contributed by atoms with Crippen molar-refractivity contribution in [1.82, 2.24) is 0 Å². The number of hydrogen-bond donors (Lipinski definition) is 0. The molecule has 0 saturated heterocycles. The quantitative estimate of drug-likeness (QED) is 0.175. The highest BCUT2D eigenvalue weighted by atomic mass is 15.1. The van der Waals surface area contributed by atoms with Gasteiger partial charge in [-0.2, -0.15) is 0 Å². The fraction of sp³-hybridized carbons (Fsp3) is 0.0612. The summed E-state index contributed by atoms with van der Waals surface area (Å²) in [5, 5.41) is 2.51. The highest BCUT2D eigenvalue weighted by Gasteiger charge is 2.36. The van der Waals surface area contributed by atoms with E-state index in [4.69, 9.17) is 0 Å². The van der Waals surface area contributed by atoms with E-state index in [-0.39, 0.29) is 5.41 Å². The van der Waals surface area contributed by atoms with Gasteiger partial charge in [-0.05, 0) is 109 Å². The zero-order valence-corrected chi connectivity index (χ0v) is 28.3. The topological polar surface area (TPSA) is 3.24 Å². The van der Waals surface area contributed by atoms with Crippen LogP contribution in [0.3, 0.4) is 0 Å². The second kappa shape index (κ2) is 12.1. The fourth-order valence-electron chi connectivity index (χ4n) is 7.85. The first kappa shape index (κ1) is 29.9. The van der Waals surface area contributed by atoms with Crippen LogP contribution in [-0.4, -0.2) is 0 Å². The second-order valence-electron chi connectivity index (χ2n) is 13.8. The van der Waals surface area contributed by atoms with Gasteiger partial charge in [0.2, 0.25) is 0 Å². The summed E-state index contributed by atoms with van der Waals surface area (Å²) < 4.78 is 0. The van der Waals surface area contributed by atoms with Gasteiger partial charge in [-0.25, -0.2) is 0 Å². The van der Waals surface area contributed by atoms with Crippen molar-refractivity contribution >= 4 is 27.8 Å². The monoisotopic (exact) mass is 639 g/mol.